The van der Waals surface area contributed by atoms with Gasteiger partial charge in [0.05, 0.1) is 12.7 Å². The van der Waals surface area contributed by atoms with E-state index in [1.165, 1.54) is 18.2 Å². The van der Waals surface area contributed by atoms with Crippen molar-refractivity contribution in [1.29, 1.82) is 0 Å². The number of thioether (sulfide) groups is 1. The van der Waals surface area contributed by atoms with Crippen LogP contribution in [0.15, 0.2) is 53.7 Å². The van der Waals surface area contributed by atoms with Gasteiger partial charge in [-0.05, 0) is 43.0 Å². The molecule has 1 unspecified atom stereocenters. The molecule has 4 rings (SSSR count). The summed E-state index contributed by atoms with van der Waals surface area (Å²) >= 11 is 7.51. The Balaban J connectivity index is 1.61. The molecule has 1 N–H and O–H groups in total. The summed E-state index contributed by atoms with van der Waals surface area (Å²) in [4.78, 5) is 19.9. The van der Waals surface area contributed by atoms with Crippen LogP contribution < -0.4 is 4.74 Å². The first-order chi connectivity index (χ1) is 14.7. The highest BCUT2D eigenvalue weighted by molar-refractivity contribution is 8.00. The molecule has 0 spiro atoms. The van der Waals surface area contributed by atoms with Gasteiger partial charge in [0.25, 0.3) is 0 Å². The van der Waals surface area contributed by atoms with Crippen LogP contribution in [0.3, 0.4) is 0 Å². The Bertz CT molecular complexity index is 1010. The Morgan fingerprint density at radius 2 is 1.93 bits per heavy atom. The van der Waals surface area contributed by atoms with Crippen molar-refractivity contribution in [3.05, 3.63) is 59.1 Å². The standard InChI is InChI=1S/C22H23ClN4O2S/c1-29-18-11-10-16(23)14-17(18)20-24-22(26-25-20)30-19(15-8-4-2-5-9-15)21(28)27-12-6-3-7-13-27/h2,4-5,8-11,14,19H,3,6-7,12-13H2,1H3,(H,24,25,26). The molecule has 0 bridgehead atoms. The second kappa shape index (κ2) is 9.53. The van der Waals surface area contributed by atoms with E-state index in [-0.39, 0.29) is 5.91 Å². The fourth-order valence-electron chi connectivity index (χ4n) is 3.56. The van der Waals surface area contributed by atoms with E-state index in [2.05, 4.69) is 15.2 Å². The van der Waals surface area contributed by atoms with Crippen molar-refractivity contribution in [2.24, 2.45) is 0 Å². The molecule has 1 aliphatic heterocycles. The zero-order valence-corrected chi connectivity index (χ0v) is 18.2. The van der Waals surface area contributed by atoms with Crippen LogP contribution in [-0.2, 0) is 4.79 Å². The zero-order chi connectivity index (χ0) is 20.9. The van der Waals surface area contributed by atoms with Crippen molar-refractivity contribution < 1.29 is 9.53 Å². The quantitative estimate of drug-likeness (QED) is 0.545. The molecule has 30 heavy (non-hydrogen) atoms. The SMILES string of the molecule is COc1ccc(Cl)cc1-c1nc(SC(C(=O)N2CCCCC2)c2ccccc2)n[nH]1. The molecule has 156 valence electrons. The maximum Gasteiger partial charge on any atom is 0.240 e. The van der Waals surface area contributed by atoms with Gasteiger partial charge in [0, 0.05) is 18.1 Å². The Labute approximate surface area is 185 Å². The number of benzene rings is 2. The normalized spacial score (nSPS) is 15.1. The number of ether oxygens (including phenoxy) is 1. The van der Waals surface area contributed by atoms with Gasteiger partial charge >= 0.3 is 0 Å². The molecular formula is C22H23ClN4O2S. The molecule has 6 nitrogen and oxygen atoms in total. The van der Waals surface area contributed by atoms with Crippen molar-refractivity contribution in [1.82, 2.24) is 20.1 Å². The van der Waals surface area contributed by atoms with Gasteiger partial charge in [-0.3, -0.25) is 9.89 Å². The summed E-state index contributed by atoms with van der Waals surface area (Å²) in [7, 11) is 1.60. The predicted octanol–water partition coefficient (Wildman–Crippen LogP) is 4.98. The number of aromatic amines is 1. The lowest BCUT2D eigenvalue weighted by Crippen LogP contribution is -2.38. The third kappa shape index (κ3) is 4.63. The van der Waals surface area contributed by atoms with E-state index >= 15 is 0 Å². The molecule has 8 heteroatoms. The smallest absolute Gasteiger partial charge is 0.240 e. The summed E-state index contributed by atoms with van der Waals surface area (Å²) in [6.07, 6.45) is 3.28. The third-order valence-electron chi connectivity index (χ3n) is 5.10. The van der Waals surface area contributed by atoms with Crippen LogP contribution in [0, 0.1) is 0 Å². The van der Waals surface area contributed by atoms with E-state index in [1.807, 2.05) is 35.2 Å². The zero-order valence-electron chi connectivity index (χ0n) is 16.7. The van der Waals surface area contributed by atoms with Crippen LogP contribution in [0.1, 0.15) is 30.1 Å². The highest BCUT2D eigenvalue weighted by Gasteiger charge is 2.29. The molecule has 1 fully saturated rings. The highest BCUT2D eigenvalue weighted by atomic mass is 35.5. The summed E-state index contributed by atoms with van der Waals surface area (Å²) < 4.78 is 5.42. The number of carbonyl (C=O) groups is 1. The lowest BCUT2D eigenvalue weighted by Gasteiger charge is -2.30. The summed E-state index contributed by atoms with van der Waals surface area (Å²) in [5, 5.41) is 8.00. The first kappa shape index (κ1) is 20.8. The van der Waals surface area contributed by atoms with Crippen LogP contribution in [-0.4, -0.2) is 46.2 Å². The largest absolute Gasteiger partial charge is 0.496 e. The Morgan fingerprint density at radius 1 is 1.17 bits per heavy atom. The number of rotatable bonds is 6. The number of hydrogen-bond acceptors (Lipinski definition) is 5. The number of hydrogen-bond donors (Lipinski definition) is 1. The molecular weight excluding hydrogens is 420 g/mol. The number of H-pyrrole nitrogens is 1. The number of piperidine rings is 1. The number of methoxy groups -OCH3 is 1. The predicted molar refractivity (Wildman–Crippen MR) is 119 cm³/mol. The van der Waals surface area contributed by atoms with Crippen molar-refractivity contribution in [3.63, 3.8) is 0 Å². The number of halogens is 1. The maximum absolute atomic E-state index is 13.3. The Kier molecular flexibility index (Phi) is 6.59. The van der Waals surface area contributed by atoms with E-state index in [0.717, 1.165) is 37.1 Å². The second-order valence-corrected chi connectivity index (χ2v) is 8.61. The average Bonchev–Trinajstić information content (AvgIpc) is 3.27. The summed E-state index contributed by atoms with van der Waals surface area (Å²) in [6, 6.07) is 15.1. The topological polar surface area (TPSA) is 71.1 Å². The summed E-state index contributed by atoms with van der Waals surface area (Å²) in [6.45, 7) is 1.61. The number of aromatic nitrogens is 3. The van der Waals surface area contributed by atoms with Gasteiger partial charge in [0.2, 0.25) is 11.1 Å². The number of nitrogens with zero attached hydrogens (tertiary/aromatic N) is 3. The minimum atomic E-state index is -0.394. The molecule has 2 heterocycles. The molecule has 0 saturated carbocycles. The number of amides is 1. The first-order valence-electron chi connectivity index (χ1n) is 9.92. The summed E-state index contributed by atoms with van der Waals surface area (Å²) in [5.41, 5.74) is 1.67. The minimum absolute atomic E-state index is 0.109. The molecule has 1 aromatic heterocycles. The molecule has 0 aliphatic carbocycles. The van der Waals surface area contributed by atoms with E-state index in [4.69, 9.17) is 16.3 Å². The van der Waals surface area contributed by atoms with Crippen molar-refractivity contribution in [2.75, 3.05) is 20.2 Å². The minimum Gasteiger partial charge on any atom is -0.496 e. The van der Waals surface area contributed by atoms with Crippen LogP contribution >= 0.6 is 23.4 Å². The van der Waals surface area contributed by atoms with Crippen molar-refractivity contribution in [3.8, 4) is 17.1 Å². The lowest BCUT2D eigenvalue weighted by molar-refractivity contribution is -0.131. The van der Waals surface area contributed by atoms with Gasteiger partial charge in [0.1, 0.15) is 11.0 Å². The number of likely N-dealkylation sites (tertiary alicyclic amines) is 1. The summed E-state index contributed by atoms with van der Waals surface area (Å²) in [5.74, 6) is 1.31. The fraction of sp³-hybridized carbons (Fsp3) is 0.318. The van der Waals surface area contributed by atoms with Crippen LogP contribution in [0.2, 0.25) is 5.02 Å². The van der Waals surface area contributed by atoms with Gasteiger partial charge < -0.3 is 9.64 Å². The number of carbonyl (C=O) groups excluding carboxylic acids is 1. The van der Waals surface area contributed by atoms with Gasteiger partial charge in [-0.15, -0.1) is 5.10 Å². The van der Waals surface area contributed by atoms with Crippen molar-refractivity contribution in [2.45, 2.75) is 29.7 Å². The van der Waals surface area contributed by atoms with Crippen LogP contribution in [0.4, 0.5) is 0 Å². The van der Waals surface area contributed by atoms with Gasteiger partial charge in [-0.2, -0.15) is 0 Å². The monoisotopic (exact) mass is 442 g/mol. The maximum atomic E-state index is 13.3. The highest BCUT2D eigenvalue weighted by Crippen LogP contribution is 2.37. The van der Waals surface area contributed by atoms with E-state index < -0.39 is 5.25 Å². The average molecular weight is 443 g/mol. The third-order valence-corrected chi connectivity index (χ3v) is 6.44. The number of nitrogens with one attached hydrogen (secondary N) is 1. The molecule has 0 radical (unpaired) electrons. The molecule has 3 aromatic rings. The lowest BCUT2D eigenvalue weighted by atomic mass is 10.1. The molecule has 2 aromatic carbocycles. The van der Waals surface area contributed by atoms with Gasteiger partial charge in [0.15, 0.2) is 5.82 Å². The van der Waals surface area contributed by atoms with E-state index in [1.54, 1.807) is 25.3 Å². The molecule has 1 saturated heterocycles. The van der Waals surface area contributed by atoms with E-state index in [0.29, 0.717) is 21.8 Å². The molecule has 1 amide bonds. The fourth-order valence-corrected chi connectivity index (χ4v) is 4.73. The van der Waals surface area contributed by atoms with E-state index in [9.17, 15) is 4.79 Å². The first-order valence-corrected chi connectivity index (χ1v) is 11.2. The van der Waals surface area contributed by atoms with Crippen LogP contribution in [0.5, 0.6) is 5.75 Å². The van der Waals surface area contributed by atoms with Crippen LogP contribution in [0.25, 0.3) is 11.4 Å². The van der Waals surface area contributed by atoms with Gasteiger partial charge in [-0.25, -0.2) is 4.98 Å². The molecule has 1 aliphatic rings. The second-order valence-electron chi connectivity index (χ2n) is 7.11. The van der Waals surface area contributed by atoms with Gasteiger partial charge in [-0.1, -0.05) is 53.7 Å². The van der Waals surface area contributed by atoms with Crippen molar-refractivity contribution >= 4 is 29.3 Å². The Hall–Kier alpha value is -2.51. The Morgan fingerprint density at radius 3 is 2.67 bits per heavy atom. The molecule has 1 atom stereocenters.